The Balaban J connectivity index is 1.75. The van der Waals surface area contributed by atoms with Gasteiger partial charge in [0.25, 0.3) is 5.91 Å². The van der Waals surface area contributed by atoms with Gasteiger partial charge in [-0.3, -0.25) is 9.59 Å². The van der Waals surface area contributed by atoms with E-state index in [1.807, 2.05) is 0 Å². The molecule has 2 N–H and O–H groups in total. The largest absolute Gasteiger partial charge is 0.495 e. The minimum atomic E-state index is -0.694. The maximum atomic E-state index is 12.6. The van der Waals surface area contributed by atoms with Crippen LogP contribution >= 0.6 is 27.5 Å². The molecule has 0 radical (unpaired) electrons. The monoisotopic (exact) mass is 493 g/mol. The van der Waals surface area contributed by atoms with Gasteiger partial charge in [0.2, 0.25) is 5.91 Å². The Morgan fingerprint density at radius 1 is 1.23 bits per heavy atom. The van der Waals surface area contributed by atoms with E-state index in [0.717, 1.165) is 4.90 Å². The molecule has 0 atom stereocenters. The lowest BCUT2D eigenvalue weighted by molar-refractivity contribution is -0.127. The van der Waals surface area contributed by atoms with Gasteiger partial charge in [-0.15, -0.1) is 0 Å². The van der Waals surface area contributed by atoms with Crippen LogP contribution in [0.2, 0.25) is 5.02 Å². The van der Waals surface area contributed by atoms with Crippen LogP contribution in [0.25, 0.3) is 6.08 Å². The first-order valence-electron chi connectivity index (χ1n) is 8.64. The Hall–Kier alpha value is -3.04. The van der Waals surface area contributed by atoms with Crippen molar-refractivity contribution in [2.24, 2.45) is 0 Å². The predicted octanol–water partition coefficient (Wildman–Crippen LogP) is 3.65. The number of para-hydroxylation sites is 2. The SMILES string of the molecule is COc1ccccc1NC(=O)CN1C(=O)N/C(=C/c2cc(Cl)c(OC)c(Br)c2)C1=O. The molecule has 1 aliphatic heterocycles. The first-order chi connectivity index (χ1) is 14.3. The molecule has 2 aromatic carbocycles. The van der Waals surface area contributed by atoms with E-state index in [-0.39, 0.29) is 5.70 Å². The van der Waals surface area contributed by atoms with Crippen LogP contribution in [-0.4, -0.2) is 43.5 Å². The summed E-state index contributed by atoms with van der Waals surface area (Å²) in [6, 6.07) is 9.40. The van der Waals surface area contributed by atoms with Gasteiger partial charge in [-0.25, -0.2) is 9.69 Å². The maximum Gasteiger partial charge on any atom is 0.329 e. The van der Waals surface area contributed by atoms with E-state index in [1.165, 1.54) is 20.3 Å². The number of halogens is 2. The van der Waals surface area contributed by atoms with Crippen LogP contribution < -0.4 is 20.1 Å². The van der Waals surface area contributed by atoms with Gasteiger partial charge in [-0.2, -0.15) is 0 Å². The highest BCUT2D eigenvalue weighted by Gasteiger charge is 2.35. The van der Waals surface area contributed by atoms with Gasteiger partial charge >= 0.3 is 6.03 Å². The number of benzene rings is 2. The molecule has 0 saturated carbocycles. The number of hydrogen-bond acceptors (Lipinski definition) is 5. The summed E-state index contributed by atoms with van der Waals surface area (Å²) in [7, 11) is 2.96. The quantitative estimate of drug-likeness (QED) is 0.472. The number of anilines is 1. The molecule has 0 aliphatic carbocycles. The summed E-state index contributed by atoms with van der Waals surface area (Å²) in [4.78, 5) is 38.0. The van der Waals surface area contributed by atoms with Gasteiger partial charge in [0.15, 0.2) is 5.75 Å². The van der Waals surface area contributed by atoms with Gasteiger partial charge in [0, 0.05) is 0 Å². The molecular formula is C20H17BrClN3O5. The van der Waals surface area contributed by atoms with Crippen molar-refractivity contribution in [2.75, 3.05) is 26.1 Å². The predicted molar refractivity (Wildman–Crippen MR) is 116 cm³/mol. The Labute approximate surface area is 185 Å². The minimum absolute atomic E-state index is 0.0261. The summed E-state index contributed by atoms with van der Waals surface area (Å²) in [6.07, 6.45) is 1.47. The van der Waals surface area contributed by atoms with E-state index in [4.69, 9.17) is 21.1 Å². The van der Waals surface area contributed by atoms with Gasteiger partial charge in [-0.1, -0.05) is 23.7 Å². The molecule has 0 bridgehead atoms. The number of methoxy groups -OCH3 is 2. The molecule has 3 rings (SSSR count). The molecule has 1 heterocycles. The fraction of sp³-hybridized carbons (Fsp3) is 0.150. The number of ether oxygens (including phenoxy) is 2. The number of carbonyl (C=O) groups excluding carboxylic acids is 3. The van der Waals surface area contributed by atoms with Gasteiger partial charge < -0.3 is 20.1 Å². The van der Waals surface area contributed by atoms with E-state index in [2.05, 4.69) is 26.6 Å². The first kappa shape index (κ1) is 21.7. The number of rotatable bonds is 6. The third-order valence-corrected chi connectivity index (χ3v) is 5.05. The second kappa shape index (κ2) is 9.19. The van der Waals surface area contributed by atoms with Crippen LogP contribution in [-0.2, 0) is 9.59 Å². The molecule has 1 aliphatic rings. The third-order valence-electron chi connectivity index (χ3n) is 4.18. The van der Waals surface area contributed by atoms with Crippen LogP contribution in [0.4, 0.5) is 10.5 Å². The molecule has 1 saturated heterocycles. The summed E-state index contributed by atoms with van der Waals surface area (Å²) in [5, 5.41) is 5.43. The number of nitrogens with one attached hydrogen (secondary N) is 2. The second-order valence-electron chi connectivity index (χ2n) is 6.15. The number of hydrogen-bond donors (Lipinski definition) is 2. The lowest BCUT2D eigenvalue weighted by Crippen LogP contribution is -2.38. The lowest BCUT2D eigenvalue weighted by Gasteiger charge is -2.13. The van der Waals surface area contributed by atoms with Crippen molar-refractivity contribution in [1.82, 2.24) is 10.2 Å². The maximum absolute atomic E-state index is 12.6. The van der Waals surface area contributed by atoms with Crippen LogP contribution in [0.1, 0.15) is 5.56 Å². The molecule has 0 unspecified atom stereocenters. The summed E-state index contributed by atoms with van der Waals surface area (Å²) in [5.41, 5.74) is 1.03. The number of amides is 4. The normalized spacial score (nSPS) is 14.7. The summed E-state index contributed by atoms with van der Waals surface area (Å²) in [6.45, 7) is -0.451. The van der Waals surface area contributed by atoms with E-state index < -0.39 is 24.4 Å². The summed E-state index contributed by atoms with van der Waals surface area (Å²) >= 11 is 9.49. The Bertz CT molecular complexity index is 1030. The molecule has 30 heavy (non-hydrogen) atoms. The van der Waals surface area contributed by atoms with E-state index in [1.54, 1.807) is 36.4 Å². The summed E-state index contributed by atoms with van der Waals surface area (Å²) in [5.74, 6) is -0.251. The number of nitrogens with zero attached hydrogens (tertiary/aromatic N) is 1. The number of imide groups is 1. The van der Waals surface area contributed by atoms with E-state index in [0.29, 0.717) is 32.2 Å². The smallest absolute Gasteiger partial charge is 0.329 e. The van der Waals surface area contributed by atoms with E-state index >= 15 is 0 Å². The molecule has 0 aromatic heterocycles. The topological polar surface area (TPSA) is 97.0 Å². The van der Waals surface area contributed by atoms with Crippen molar-refractivity contribution in [2.45, 2.75) is 0 Å². The molecule has 0 spiro atoms. The second-order valence-corrected chi connectivity index (χ2v) is 7.41. The van der Waals surface area contributed by atoms with Crippen molar-refractivity contribution >= 4 is 57.1 Å². The number of carbonyl (C=O) groups is 3. The van der Waals surface area contributed by atoms with Crippen molar-refractivity contribution in [3.63, 3.8) is 0 Å². The molecule has 8 nitrogen and oxygen atoms in total. The van der Waals surface area contributed by atoms with Crippen LogP contribution in [0.15, 0.2) is 46.6 Å². The van der Waals surface area contributed by atoms with Crippen molar-refractivity contribution in [3.05, 3.63) is 57.2 Å². The number of urea groups is 1. The summed E-state index contributed by atoms with van der Waals surface area (Å²) < 4.78 is 10.9. The molecule has 4 amide bonds. The zero-order valence-corrected chi connectivity index (χ0v) is 18.3. The average Bonchev–Trinajstić information content (AvgIpc) is 2.95. The fourth-order valence-electron chi connectivity index (χ4n) is 2.82. The Morgan fingerprint density at radius 2 is 1.97 bits per heavy atom. The first-order valence-corrected chi connectivity index (χ1v) is 9.81. The van der Waals surface area contributed by atoms with Crippen LogP contribution in [0.5, 0.6) is 11.5 Å². The molecule has 156 valence electrons. The zero-order chi connectivity index (χ0) is 21.8. The molecular weight excluding hydrogens is 478 g/mol. The van der Waals surface area contributed by atoms with Gasteiger partial charge in [-0.05, 0) is 51.8 Å². The molecule has 1 fully saturated rings. The highest BCUT2D eigenvalue weighted by molar-refractivity contribution is 9.10. The van der Waals surface area contributed by atoms with Crippen molar-refractivity contribution < 1.29 is 23.9 Å². The van der Waals surface area contributed by atoms with Gasteiger partial charge in [0.1, 0.15) is 18.0 Å². The Morgan fingerprint density at radius 3 is 2.63 bits per heavy atom. The lowest BCUT2D eigenvalue weighted by atomic mass is 10.2. The Kier molecular flexibility index (Phi) is 6.63. The van der Waals surface area contributed by atoms with Crippen LogP contribution in [0.3, 0.4) is 0 Å². The fourth-order valence-corrected chi connectivity index (χ4v) is 3.88. The highest BCUT2D eigenvalue weighted by Crippen LogP contribution is 2.35. The molecule has 10 heteroatoms. The van der Waals surface area contributed by atoms with Gasteiger partial charge in [0.05, 0.1) is 29.4 Å². The standard InChI is InChI=1S/C20H17BrClN3O5/c1-29-16-6-4-3-5-14(16)23-17(26)10-25-19(27)15(24-20(25)28)9-11-7-12(21)18(30-2)13(22)8-11/h3-9H,10H2,1-2H3,(H,23,26)(H,24,28)/b15-9+. The highest BCUT2D eigenvalue weighted by atomic mass is 79.9. The minimum Gasteiger partial charge on any atom is -0.495 e. The molecule has 2 aromatic rings. The third kappa shape index (κ3) is 4.58. The van der Waals surface area contributed by atoms with Crippen molar-refractivity contribution in [1.29, 1.82) is 0 Å². The zero-order valence-electron chi connectivity index (χ0n) is 16.0. The van der Waals surface area contributed by atoms with E-state index in [9.17, 15) is 14.4 Å². The van der Waals surface area contributed by atoms with Crippen LogP contribution in [0, 0.1) is 0 Å². The van der Waals surface area contributed by atoms with Crippen molar-refractivity contribution in [3.8, 4) is 11.5 Å². The average molecular weight is 495 g/mol.